The van der Waals surface area contributed by atoms with Crippen molar-refractivity contribution in [3.05, 3.63) is 33.8 Å². The van der Waals surface area contributed by atoms with Gasteiger partial charge in [-0.05, 0) is 67.7 Å². The lowest BCUT2D eigenvalue weighted by Gasteiger charge is -2.24. The van der Waals surface area contributed by atoms with Gasteiger partial charge < -0.3 is 5.73 Å². The van der Waals surface area contributed by atoms with Crippen molar-refractivity contribution in [3.63, 3.8) is 0 Å². The summed E-state index contributed by atoms with van der Waals surface area (Å²) in [7, 11) is 0. The lowest BCUT2D eigenvalue weighted by molar-refractivity contribution is 0.516. The minimum Gasteiger partial charge on any atom is -0.325 e. The minimum atomic E-state index is -0.136. The minimum absolute atomic E-state index is 0.136. The first-order valence-electron chi connectivity index (χ1n) is 6.61. The predicted molar refractivity (Wildman–Crippen MR) is 85.4 cm³/mol. The fraction of sp³-hybridized carbons (Fsp3) is 0.600. The van der Waals surface area contributed by atoms with Crippen molar-refractivity contribution < 1.29 is 0 Å². The van der Waals surface area contributed by atoms with Crippen LogP contribution in [0.2, 0.25) is 0 Å². The smallest absolute Gasteiger partial charge is 0.0212 e. The number of hydrogen-bond acceptors (Lipinski definition) is 2. The Morgan fingerprint density at radius 2 is 2.00 bits per heavy atom. The predicted octanol–water partition coefficient (Wildman–Crippen LogP) is 4.34. The quantitative estimate of drug-likeness (QED) is 0.893. The summed E-state index contributed by atoms with van der Waals surface area (Å²) < 4.78 is 1.26. The van der Waals surface area contributed by atoms with Crippen molar-refractivity contribution in [2.75, 3.05) is 11.5 Å². The van der Waals surface area contributed by atoms with Gasteiger partial charge in [0.2, 0.25) is 0 Å². The Morgan fingerprint density at radius 3 is 2.56 bits per heavy atom. The number of hydrogen-bond donors (Lipinski definition) is 1. The van der Waals surface area contributed by atoms with Crippen molar-refractivity contribution in [2.24, 2.45) is 5.73 Å². The van der Waals surface area contributed by atoms with E-state index in [4.69, 9.17) is 5.73 Å². The summed E-state index contributed by atoms with van der Waals surface area (Å²) in [5, 5.41) is 0. The molecule has 3 heteroatoms. The Morgan fingerprint density at radius 1 is 1.33 bits per heavy atom. The first-order valence-corrected chi connectivity index (χ1v) is 8.55. The lowest BCUT2D eigenvalue weighted by Crippen LogP contribution is -2.34. The molecule has 1 nitrogen and oxygen atoms in total. The van der Waals surface area contributed by atoms with Gasteiger partial charge in [0, 0.05) is 10.0 Å². The van der Waals surface area contributed by atoms with E-state index < -0.39 is 0 Å². The zero-order chi connectivity index (χ0) is 13.2. The van der Waals surface area contributed by atoms with Crippen LogP contribution in [-0.2, 0) is 6.42 Å². The molecule has 1 aromatic carbocycles. The van der Waals surface area contributed by atoms with E-state index in [0.717, 1.165) is 12.3 Å². The molecule has 1 fully saturated rings. The molecule has 1 aliphatic rings. The molecule has 2 rings (SSSR count). The molecule has 0 spiro atoms. The summed E-state index contributed by atoms with van der Waals surface area (Å²) in [6.07, 6.45) is 3.54. The van der Waals surface area contributed by atoms with Crippen LogP contribution < -0.4 is 5.73 Å². The van der Waals surface area contributed by atoms with E-state index in [-0.39, 0.29) is 5.54 Å². The third-order valence-electron chi connectivity index (χ3n) is 3.39. The molecule has 1 heterocycles. The van der Waals surface area contributed by atoms with Gasteiger partial charge in [-0.25, -0.2) is 0 Å². The molecule has 1 aromatic rings. The van der Waals surface area contributed by atoms with Crippen LogP contribution in [0.5, 0.6) is 0 Å². The highest BCUT2D eigenvalue weighted by molar-refractivity contribution is 9.10. The van der Waals surface area contributed by atoms with Gasteiger partial charge in [-0.15, -0.1) is 0 Å². The molecular formula is C15H22BrNS. The van der Waals surface area contributed by atoms with E-state index >= 15 is 0 Å². The van der Waals surface area contributed by atoms with Gasteiger partial charge in [-0.2, -0.15) is 11.8 Å². The Hall–Kier alpha value is 0.01000. The van der Waals surface area contributed by atoms with Crippen molar-refractivity contribution in [2.45, 2.75) is 44.6 Å². The maximum atomic E-state index is 6.08. The van der Waals surface area contributed by atoms with Crippen LogP contribution in [0, 0.1) is 0 Å². The molecule has 0 radical (unpaired) electrons. The molecule has 1 saturated heterocycles. The topological polar surface area (TPSA) is 26.0 Å². The van der Waals surface area contributed by atoms with Crippen LogP contribution in [0.15, 0.2) is 22.7 Å². The van der Waals surface area contributed by atoms with Crippen LogP contribution in [0.1, 0.15) is 43.7 Å². The van der Waals surface area contributed by atoms with Gasteiger partial charge in [-0.1, -0.05) is 28.1 Å². The number of thioether (sulfide) groups is 1. The molecule has 0 atom stereocenters. The van der Waals surface area contributed by atoms with E-state index in [1.165, 1.54) is 39.9 Å². The molecule has 0 saturated carbocycles. The second kappa shape index (κ2) is 5.98. The SMILES string of the molecule is CC(C)(N)Cc1ccc(C2CCSCC2)c(Br)c1. The van der Waals surface area contributed by atoms with E-state index in [9.17, 15) is 0 Å². The summed E-state index contributed by atoms with van der Waals surface area (Å²) in [4.78, 5) is 0. The van der Waals surface area contributed by atoms with Gasteiger partial charge in [0.25, 0.3) is 0 Å². The number of benzene rings is 1. The zero-order valence-electron chi connectivity index (χ0n) is 11.2. The largest absolute Gasteiger partial charge is 0.325 e. The Labute approximate surface area is 123 Å². The van der Waals surface area contributed by atoms with Crippen LogP contribution in [0.4, 0.5) is 0 Å². The van der Waals surface area contributed by atoms with Crippen molar-refractivity contribution in [3.8, 4) is 0 Å². The normalized spacial score (nSPS) is 18.0. The van der Waals surface area contributed by atoms with Crippen molar-refractivity contribution in [1.82, 2.24) is 0 Å². The maximum Gasteiger partial charge on any atom is 0.0212 e. The van der Waals surface area contributed by atoms with Crippen LogP contribution in [0.25, 0.3) is 0 Å². The molecule has 0 bridgehead atoms. The average Bonchev–Trinajstić information content (AvgIpc) is 2.28. The van der Waals surface area contributed by atoms with E-state index in [1.807, 2.05) is 0 Å². The Balaban J connectivity index is 2.14. The second-order valence-corrected chi connectivity index (χ2v) is 7.99. The zero-order valence-corrected chi connectivity index (χ0v) is 13.6. The van der Waals surface area contributed by atoms with Gasteiger partial charge in [0.15, 0.2) is 0 Å². The molecule has 1 aliphatic heterocycles. The third kappa shape index (κ3) is 4.01. The Bertz CT molecular complexity index is 405. The molecule has 2 N–H and O–H groups in total. The van der Waals surface area contributed by atoms with Crippen LogP contribution in [0.3, 0.4) is 0 Å². The molecule has 0 aromatic heterocycles. The van der Waals surface area contributed by atoms with Crippen molar-refractivity contribution in [1.29, 1.82) is 0 Å². The fourth-order valence-electron chi connectivity index (χ4n) is 2.55. The standard InChI is InChI=1S/C15H22BrNS/c1-15(2,17)10-11-3-4-13(14(16)9-11)12-5-7-18-8-6-12/h3-4,9,12H,5-8,10,17H2,1-2H3. The highest BCUT2D eigenvalue weighted by Gasteiger charge is 2.19. The summed E-state index contributed by atoms with van der Waals surface area (Å²) in [5.41, 5.74) is 8.75. The second-order valence-electron chi connectivity index (χ2n) is 5.91. The van der Waals surface area contributed by atoms with Crippen molar-refractivity contribution >= 4 is 27.7 Å². The summed E-state index contributed by atoms with van der Waals surface area (Å²) in [6, 6.07) is 6.80. The maximum absolute atomic E-state index is 6.08. The van der Waals surface area contributed by atoms with Crippen LogP contribution >= 0.6 is 27.7 Å². The summed E-state index contributed by atoms with van der Waals surface area (Å²) >= 11 is 5.82. The molecule has 0 aliphatic carbocycles. The number of nitrogens with two attached hydrogens (primary N) is 1. The highest BCUT2D eigenvalue weighted by atomic mass is 79.9. The summed E-state index contributed by atoms with van der Waals surface area (Å²) in [6.45, 7) is 4.15. The van der Waals surface area contributed by atoms with Gasteiger partial charge in [0.05, 0.1) is 0 Å². The van der Waals surface area contributed by atoms with Gasteiger partial charge >= 0.3 is 0 Å². The van der Waals surface area contributed by atoms with Gasteiger partial charge in [0.1, 0.15) is 0 Å². The van der Waals surface area contributed by atoms with E-state index in [1.54, 1.807) is 0 Å². The molecule has 0 unspecified atom stereocenters. The monoisotopic (exact) mass is 327 g/mol. The number of halogens is 1. The Kier molecular flexibility index (Phi) is 4.79. The fourth-order valence-corrected chi connectivity index (χ4v) is 4.40. The first-order chi connectivity index (χ1) is 8.46. The molecule has 0 amide bonds. The molecule has 100 valence electrons. The van der Waals surface area contributed by atoms with Crippen LogP contribution in [-0.4, -0.2) is 17.0 Å². The van der Waals surface area contributed by atoms with E-state index in [2.05, 4.69) is 59.7 Å². The third-order valence-corrected chi connectivity index (χ3v) is 5.12. The lowest BCUT2D eigenvalue weighted by atomic mass is 9.90. The average molecular weight is 328 g/mol. The van der Waals surface area contributed by atoms with E-state index in [0.29, 0.717) is 0 Å². The number of rotatable bonds is 3. The summed E-state index contributed by atoms with van der Waals surface area (Å²) in [5.74, 6) is 3.34. The van der Waals surface area contributed by atoms with Gasteiger partial charge in [-0.3, -0.25) is 0 Å². The molecule has 18 heavy (non-hydrogen) atoms. The first kappa shape index (κ1) is 14.4. The highest BCUT2D eigenvalue weighted by Crippen LogP contribution is 2.36. The molecular weight excluding hydrogens is 306 g/mol.